The number of alkyl halides is 12. The molecule has 0 saturated carbocycles. The monoisotopic (exact) mass is 376 g/mol. The van der Waals surface area contributed by atoms with Crippen LogP contribution in [0.4, 0.5) is 52.7 Å². The molecule has 23 heavy (non-hydrogen) atoms. The van der Waals surface area contributed by atoms with Crippen molar-refractivity contribution in [3.63, 3.8) is 0 Å². The highest BCUT2D eigenvalue weighted by Crippen LogP contribution is 2.49. The van der Waals surface area contributed by atoms with Crippen LogP contribution in [-0.4, -0.2) is 46.1 Å². The molecule has 0 aliphatic heterocycles. The van der Waals surface area contributed by atoms with Gasteiger partial charge >= 0.3 is 24.7 Å². The molecule has 0 heterocycles. The molecule has 0 aliphatic carbocycles. The Labute approximate surface area is 119 Å². The van der Waals surface area contributed by atoms with Crippen LogP contribution in [-0.2, 0) is 0 Å². The summed E-state index contributed by atoms with van der Waals surface area (Å²) >= 11 is 0. The molecule has 0 bridgehead atoms. The summed E-state index contributed by atoms with van der Waals surface area (Å²) in [6.07, 6.45) is -32.7. The molecular weight excluding hydrogens is 368 g/mol. The van der Waals surface area contributed by atoms with Gasteiger partial charge in [-0.15, -0.1) is 0 Å². The Kier molecular flexibility index (Phi) is 5.63. The zero-order chi connectivity index (χ0) is 19.1. The van der Waals surface area contributed by atoms with Gasteiger partial charge in [0, 0.05) is 0 Å². The first kappa shape index (κ1) is 22.1. The lowest BCUT2D eigenvalue weighted by molar-refractivity contribution is -0.378. The van der Waals surface area contributed by atoms with Gasteiger partial charge in [-0.05, 0) is 19.3 Å². The minimum Gasteiger partial charge on any atom is -0.374 e. The Morgan fingerprint density at radius 3 is 0.739 bits per heavy atom. The molecular formula is C9H8F12O2. The maximum absolute atomic E-state index is 12.2. The zero-order valence-electron chi connectivity index (χ0n) is 10.6. The van der Waals surface area contributed by atoms with Gasteiger partial charge in [-0.1, -0.05) is 0 Å². The third-order valence-corrected chi connectivity index (χ3v) is 2.95. The standard InChI is InChI=1S/C9H8F12O2/c10-6(11,12)4(22,7(13,14)15)2-1-3-5(23,8(16,17)18)9(19,20)21/h22-23H,1-3H2. The van der Waals surface area contributed by atoms with Crippen molar-refractivity contribution >= 4 is 0 Å². The third-order valence-electron chi connectivity index (χ3n) is 2.95. The van der Waals surface area contributed by atoms with Crippen LogP contribution in [0.15, 0.2) is 0 Å². The van der Waals surface area contributed by atoms with E-state index < -0.39 is 55.2 Å². The summed E-state index contributed by atoms with van der Waals surface area (Å²) in [6.45, 7) is 0. The van der Waals surface area contributed by atoms with E-state index in [0.717, 1.165) is 0 Å². The maximum Gasteiger partial charge on any atom is 0.426 e. The molecule has 0 atom stereocenters. The lowest BCUT2D eigenvalue weighted by atomic mass is 9.89. The van der Waals surface area contributed by atoms with Crippen LogP contribution >= 0.6 is 0 Å². The predicted octanol–water partition coefficient (Wildman–Crippen LogP) is 3.87. The van der Waals surface area contributed by atoms with Crippen molar-refractivity contribution in [2.24, 2.45) is 0 Å². The predicted molar refractivity (Wildman–Crippen MR) is 48.0 cm³/mol. The van der Waals surface area contributed by atoms with Gasteiger partial charge in [0.1, 0.15) is 0 Å². The van der Waals surface area contributed by atoms with Gasteiger partial charge in [0.05, 0.1) is 0 Å². The summed E-state index contributed by atoms with van der Waals surface area (Å²) < 4.78 is 147. The molecule has 0 amide bonds. The number of rotatable bonds is 4. The molecule has 0 rings (SSSR count). The summed E-state index contributed by atoms with van der Waals surface area (Å²) in [6, 6.07) is 0. The fourth-order valence-electron chi connectivity index (χ4n) is 1.49. The van der Waals surface area contributed by atoms with E-state index in [1.807, 2.05) is 0 Å². The highest BCUT2D eigenvalue weighted by Gasteiger charge is 2.72. The quantitative estimate of drug-likeness (QED) is 0.732. The molecule has 140 valence electrons. The molecule has 0 radical (unpaired) electrons. The number of aliphatic hydroxyl groups is 2. The fraction of sp³-hybridized carbons (Fsp3) is 1.00. The first-order valence-corrected chi connectivity index (χ1v) is 5.42. The van der Waals surface area contributed by atoms with E-state index in [4.69, 9.17) is 10.2 Å². The molecule has 2 nitrogen and oxygen atoms in total. The normalized spacial score (nSPS) is 15.9. The van der Waals surface area contributed by atoms with Crippen LogP contribution in [0.1, 0.15) is 19.3 Å². The van der Waals surface area contributed by atoms with E-state index in [2.05, 4.69) is 0 Å². The minimum absolute atomic E-state index is 2.06. The second-order valence-corrected chi connectivity index (χ2v) is 4.57. The Hall–Kier alpha value is -0.920. The molecule has 0 aliphatic rings. The van der Waals surface area contributed by atoms with E-state index in [1.165, 1.54) is 0 Å². The van der Waals surface area contributed by atoms with Crippen molar-refractivity contribution in [1.29, 1.82) is 0 Å². The van der Waals surface area contributed by atoms with E-state index in [1.54, 1.807) is 0 Å². The second kappa shape index (κ2) is 5.86. The van der Waals surface area contributed by atoms with Gasteiger partial charge in [0.25, 0.3) is 11.2 Å². The van der Waals surface area contributed by atoms with Crippen LogP contribution in [0.2, 0.25) is 0 Å². The molecule has 0 aromatic rings. The zero-order valence-corrected chi connectivity index (χ0v) is 10.6. The first-order chi connectivity index (χ1) is 9.71. The Morgan fingerprint density at radius 1 is 0.435 bits per heavy atom. The van der Waals surface area contributed by atoms with Crippen molar-refractivity contribution in [2.45, 2.75) is 55.2 Å². The van der Waals surface area contributed by atoms with Crippen LogP contribution in [0.25, 0.3) is 0 Å². The lowest BCUT2D eigenvalue weighted by Crippen LogP contribution is -2.58. The minimum atomic E-state index is -6.39. The van der Waals surface area contributed by atoms with Gasteiger partial charge in [0.2, 0.25) is 0 Å². The van der Waals surface area contributed by atoms with E-state index in [0.29, 0.717) is 0 Å². The maximum atomic E-state index is 12.2. The summed E-state index contributed by atoms with van der Waals surface area (Å²) in [4.78, 5) is 0. The smallest absolute Gasteiger partial charge is 0.374 e. The van der Waals surface area contributed by atoms with Gasteiger partial charge in [-0.25, -0.2) is 0 Å². The summed E-state index contributed by atoms with van der Waals surface area (Å²) in [5, 5.41) is 17.2. The molecule has 0 unspecified atom stereocenters. The largest absolute Gasteiger partial charge is 0.426 e. The molecule has 0 aromatic heterocycles. The highest BCUT2D eigenvalue weighted by molar-refractivity contribution is 4.97. The number of hydrogen-bond acceptors (Lipinski definition) is 2. The van der Waals surface area contributed by atoms with Gasteiger partial charge in [-0.3, -0.25) is 0 Å². The summed E-state index contributed by atoms with van der Waals surface area (Å²) in [5.41, 5.74) is -11.0. The van der Waals surface area contributed by atoms with Crippen molar-refractivity contribution in [1.82, 2.24) is 0 Å². The van der Waals surface area contributed by atoms with Crippen molar-refractivity contribution in [2.75, 3.05) is 0 Å². The lowest BCUT2D eigenvalue weighted by Gasteiger charge is -2.35. The average molecular weight is 376 g/mol. The molecule has 0 saturated heterocycles. The molecule has 14 heteroatoms. The topological polar surface area (TPSA) is 40.5 Å². The summed E-state index contributed by atoms with van der Waals surface area (Å²) in [7, 11) is 0. The fourth-order valence-corrected chi connectivity index (χ4v) is 1.49. The van der Waals surface area contributed by atoms with Crippen molar-refractivity contribution in [3.05, 3.63) is 0 Å². The van der Waals surface area contributed by atoms with Gasteiger partial charge in [0.15, 0.2) is 0 Å². The van der Waals surface area contributed by atoms with Gasteiger partial charge < -0.3 is 10.2 Å². The molecule has 2 N–H and O–H groups in total. The Bertz CT molecular complexity index is 335. The molecule has 0 fully saturated rings. The van der Waals surface area contributed by atoms with Crippen LogP contribution in [0, 0.1) is 0 Å². The number of hydrogen-bond donors (Lipinski definition) is 2. The van der Waals surface area contributed by atoms with Crippen molar-refractivity contribution in [3.8, 4) is 0 Å². The first-order valence-electron chi connectivity index (χ1n) is 5.42. The Morgan fingerprint density at radius 2 is 0.609 bits per heavy atom. The SMILES string of the molecule is OC(CCCC(O)(C(F)(F)F)C(F)(F)F)(C(F)(F)F)C(F)(F)F. The van der Waals surface area contributed by atoms with Crippen molar-refractivity contribution < 1.29 is 62.9 Å². The van der Waals surface area contributed by atoms with Crippen LogP contribution in [0.3, 0.4) is 0 Å². The average Bonchev–Trinajstić information content (AvgIpc) is 2.22. The molecule has 0 spiro atoms. The second-order valence-electron chi connectivity index (χ2n) is 4.57. The van der Waals surface area contributed by atoms with Crippen LogP contribution < -0.4 is 0 Å². The number of halogens is 12. The Balaban J connectivity index is 5.38. The highest BCUT2D eigenvalue weighted by atomic mass is 19.4. The van der Waals surface area contributed by atoms with Gasteiger partial charge in [-0.2, -0.15) is 52.7 Å². The third kappa shape index (κ3) is 4.14. The summed E-state index contributed by atoms with van der Waals surface area (Å²) in [5.74, 6) is 0. The molecule has 0 aromatic carbocycles. The van der Waals surface area contributed by atoms with E-state index >= 15 is 0 Å². The van der Waals surface area contributed by atoms with Crippen LogP contribution in [0.5, 0.6) is 0 Å². The van der Waals surface area contributed by atoms with E-state index in [9.17, 15) is 52.7 Å². The van der Waals surface area contributed by atoms with E-state index in [-0.39, 0.29) is 0 Å².